The second-order valence-corrected chi connectivity index (χ2v) is 7.42. The molecule has 6 heterocycles. The monoisotopic (exact) mass is 403 g/mol. The van der Waals surface area contributed by atoms with Gasteiger partial charge < -0.3 is 4.98 Å². The first-order chi connectivity index (χ1) is 15.3. The fraction of sp³-hybridized carbons (Fsp3) is 0.0417. The molecule has 0 radical (unpaired) electrons. The maximum Gasteiger partial charge on any atom is 0.135 e. The van der Waals surface area contributed by atoms with Crippen LogP contribution in [0.5, 0.6) is 0 Å². The van der Waals surface area contributed by atoms with E-state index in [1.54, 1.807) is 18.6 Å². The van der Waals surface area contributed by atoms with E-state index in [9.17, 15) is 0 Å². The van der Waals surface area contributed by atoms with Gasteiger partial charge in [0.15, 0.2) is 0 Å². The number of rotatable bonds is 3. The highest BCUT2D eigenvalue weighted by molar-refractivity contribution is 5.99. The molecule has 0 unspecified atom stereocenters. The zero-order valence-corrected chi connectivity index (χ0v) is 16.7. The predicted molar refractivity (Wildman–Crippen MR) is 120 cm³/mol. The van der Waals surface area contributed by atoms with Crippen LogP contribution in [-0.4, -0.2) is 35.1 Å². The minimum absolute atomic E-state index is 0.773. The van der Waals surface area contributed by atoms with Crippen LogP contribution in [-0.2, 0) is 0 Å². The standard InChI is InChI=1S/C24H17N7/c1-14-4-7-26-11-17(14)19-2-3-20-23(29-19)24(31-30-20)21-10-16-18(12-27-13-22(16)28-21)15-5-8-25-9-6-15/h2-13,28H,1H3,(H,30,31). The first-order valence-electron chi connectivity index (χ1n) is 9.91. The summed E-state index contributed by atoms with van der Waals surface area (Å²) < 4.78 is 0. The molecule has 6 aromatic heterocycles. The summed E-state index contributed by atoms with van der Waals surface area (Å²) in [4.78, 5) is 21.2. The molecular weight excluding hydrogens is 386 g/mol. The highest BCUT2D eigenvalue weighted by atomic mass is 15.1. The largest absolute Gasteiger partial charge is 0.352 e. The molecular formula is C24H17N7. The molecule has 148 valence electrons. The molecule has 2 N–H and O–H groups in total. The SMILES string of the molecule is Cc1ccncc1-c1ccc2[nH]nc(-c3cc4c(-c5ccncc5)cncc4[nH]3)c2n1. The number of nitrogens with zero attached hydrogens (tertiary/aromatic N) is 5. The topological polar surface area (TPSA) is 96.0 Å². The summed E-state index contributed by atoms with van der Waals surface area (Å²) in [5, 5.41) is 8.73. The Bertz CT molecular complexity index is 1550. The van der Waals surface area contributed by atoms with E-state index in [2.05, 4.69) is 43.1 Å². The number of fused-ring (bicyclic) bond motifs is 2. The van der Waals surface area contributed by atoms with E-state index in [1.807, 2.05) is 48.9 Å². The van der Waals surface area contributed by atoms with Crippen molar-refractivity contribution in [3.8, 4) is 33.8 Å². The third-order valence-electron chi connectivity index (χ3n) is 5.51. The molecule has 31 heavy (non-hydrogen) atoms. The van der Waals surface area contributed by atoms with E-state index >= 15 is 0 Å². The molecule has 6 rings (SSSR count). The minimum atomic E-state index is 0.773. The molecule has 0 amide bonds. The van der Waals surface area contributed by atoms with Gasteiger partial charge in [-0.1, -0.05) is 0 Å². The molecule has 0 saturated heterocycles. The van der Waals surface area contributed by atoms with Crippen molar-refractivity contribution in [1.29, 1.82) is 0 Å². The summed E-state index contributed by atoms with van der Waals surface area (Å²) >= 11 is 0. The smallest absolute Gasteiger partial charge is 0.135 e. The molecule has 0 atom stereocenters. The number of aromatic amines is 2. The van der Waals surface area contributed by atoms with E-state index in [1.165, 1.54) is 0 Å². The summed E-state index contributed by atoms with van der Waals surface area (Å²) in [6.45, 7) is 2.06. The Hall–Kier alpha value is -4.39. The normalized spacial score (nSPS) is 11.4. The van der Waals surface area contributed by atoms with Gasteiger partial charge in [0.05, 0.1) is 28.6 Å². The molecule has 0 aliphatic rings. The van der Waals surface area contributed by atoms with Crippen LogP contribution in [0.15, 0.2) is 73.6 Å². The molecule has 0 spiro atoms. The van der Waals surface area contributed by atoms with Gasteiger partial charge in [0, 0.05) is 47.5 Å². The van der Waals surface area contributed by atoms with Crippen molar-refractivity contribution in [2.75, 3.05) is 0 Å². The van der Waals surface area contributed by atoms with Gasteiger partial charge in [-0.15, -0.1) is 0 Å². The molecule has 0 saturated carbocycles. The summed E-state index contributed by atoms with van der Waals surface area (Å²) in [5.74, 6) is 0. The van der Waals surface area contributed by atoms with E-state index in [0.717, 1.165) is 61.3 Å². The lowest BCUT2D eigenvalue weighted by Gasteiger charge is -2.04. The second kappa shape index (κ2) is 6.84. The summed E-state index contributed by atoms with van der Waals surface area (Å²) in [7, 11) is 0. The zero-order valence-electron chi connectivity index (χ0n) is 16.7. The molecule has 7 nitrogen and oxygen atoms in total. The third kappa shape index (κ3) is 2.86. The molecule has 6 aromatic rings. The Balaban J connectivity index is 1.52. The van der Waals surface area contributed by atoms with Gasteiger partial charge >= 0.3 is 0 Å². The fourth-order valence-corrected chi connectivity index (χ4v) is 3.91. The van der Waals surface area contributed by atoms with Crippen LogP contribution >= 0.6 is 0 Å². The van der Waals surface area contributed by atoms with Gasteiger partial charge in [0.2, 0.25) is 0 Å². The van der Waals surface area contributed by atoms with Crippen molar-refractivity contribution in [3.63, 3.8) is 0 Å². The number of hydrogen-bond acceptors (Lipinski definition) is 5. The summed E-state index contributed by atoms with van der Waals surface area (Å²) in [6, 6.07) is 12.1. The highest BCUT2D eigenvalue weighted by Gasteiger charge is 2.16. The lowest BCUT2D eigenvalue weighted by molar-refractivity contribution is 1.12. The second-order valence-electron chi connectivity index (χ2n) is 7.42. The number of aromatic nitrogens is 7. The van der Waals surface area contributed by atoms with Crippen LogP contribution in [0.1, 0.15) is 5.56 Å². The Morgan fingerprint density at radius 2 is 1.61 bits per heavy atom. The number of nitrogens with one attached hydrogen (secondary N) is 2. The van der Waals surface area contributed by atoms with Gasteiger partial charge in [-0.05, 0) is 54.4 Å². The molecule has 0 aliphatic carbocycles. The van der Waals surface area contributed by atoms with Gasteiger partial charge in [-0.2, -0.15) is 5.10 Å². The summed E-state index contributed by atoms with van der Waals surface area (Å²) in [6.07, 6.45) is 10.9. The van der Waals surface area contributed by atoms with Gasteiger partial charge in [0.1, 0.15) is 11.2 Å². The lowest BCUT2D eigenvalue weighted by atomic mass is 10.1. The van der Waals surface area contributed by atoms with Crippen molar-refractivity contribution >= 4 is 21.9 Å². The van der Waals surface area contributed by atoms with Crippen LogP contribution < -0.4 is 0 Å². The first-order valence-corrected chi connectivity index (χ1v) is 9.91. The van der Waals surface area contributed by atoms with Gasteiger partial charge in [-0.3, -0.25) is 20.1 Å². The maximum atomic E-state index is 4.92. The molecule has 0 fully saturated rings. The number of pyridine rings is 4. The van der Waals surface area contributed by atoms with Crippen LogP contribution in [0.3, 0.4) is 0 Å². The van der Waals surface area contributed by atoms with E-state index in [0.29, 0.717) is 0 Å². The predicted octanol–water partition coefficient (Wildman–Crippen LogP) is 4.93. The Labute approximate surface area is 177 Å². The van der Waals surface area contributed by atoms with E-state index in [-0.39, 0.29) is 0 Å². The lowest BCUT2D eigenvalue weighted by Crippen LogP contribution is -1.89. The Kier molecular flexibility index (Phi) is 3.86. The van der Waals surface area contributed by atoms with Crippen LogP contribution in [0, 0.1) is 6.92 Å². The average molecular weight is 403 g/mol. The molecule has 0 aromatic carbocycles. The molecule has 7 heteroatoms. The highest BCUT2D eigenvalue weighted by Crippen LogP contribution is 2.33. The van der Waals surface area contributed by atoms with Crippen molar-refractivity contribution in [2.45, 2.75) is 6.92 Å². The van der Waals surface area contributed by atoms with Crippen LogP contribution in [0.25, 0.3) is 55.7 Å². The number of hydrogen-bond donors (Lipinski definition) is 2. The minimum Gasteiger partial charge on any atom is -0.352 e. The summed E-state index contributed by atoms with van der Waals surface area (Å²) in [5.41, 5.74) is 9.42. The van der Waals surface area contributed by atoms with E-state index in [4.69, 9.17) is 4.98 Å². The molecule has 0 bridgehead atoms. The van der Waals surface area contributed by atoms with Gasteiger partial charge in [-0.25, -0.2) is 4.98 Å². The van der Waals surface area contributed by atoms with Crippen LogP contribution in [0.4, 0.5) is 0 Å². The first kappa shape index (κ1) is 17.5. The van der Waals surface area contributed by atoms with Crippen molar-refractivity contribution in [1.82, 2.24) is 35.1 Å². The van der Waals surface area contributed by atoms with Gasteiger partial charge in [0.25, 0.3) is 0 Å². The molecule has 0 aliphatic heterocycles. The Morgan fingerprint density at radius 3 is 2.48 bits per heavy atom. The van der Waals surface area contributed by atoms with Crippen molar-refractivity contribution in [2.24, 2.45) is 0 Å². The maximum absolute atomic E-state index is 4.92. The quantitative estimate of drug-likeness (QED) is 0.437. The number of H-pyrrole nitrogens is 2. The van der Waals surface area contributed by atoms with E-state index < -0.39 is 0 Å². The average Bonchev–Trinajstić information content (AvgIpc) is 3.43. The number of aryl methyl sites for hydroxylation is 1. The zero-order chi connectivity index (χ0) is 20.8. The fourth-order valence-electron chi connectivity index (χ4n) is 3.91. The third-order valence-corrected chi connectivity index (χ3v) is 5.51. The van der Waals surface area contributed by atoms with Crippen molar-refractivity contribution in [3.05, 3.63) is 79.1 Å². The van der Waals surface area contributed by atoms with Crippen molar-refractivity contribution < 1.29 is 0 Å². The Morgan fingerprint density at radius 1 is 0.774 bits per heavy atom. The van der Waals surface area contributed by atoms with Crippen LogP contribution in [0.2, 0.25) is 0 Å².